The highest BCUT2D eigenvalue weighted by Gasteiger charge is 2.21. The summed E-state index contributed by atoms with van der Waals surface area (Å²) in [5.74, 6) is 2.63. The highest BCUT2D eigenvalue weighted by molar-refractivity contribution is 6.14. The first-order valence-corrected chi connectivity index (χ1v) is 22.4. The number of fused-ring (bicyclic) bond motifs is 3. The smallest absolute Gasteiger partial charge is 0.164 e. The molecule has 0 unspecified atom stereocenters. The predicted molar refractivity (Wildman–Crippen MR) is 273 cm³/mol. The van der Waals surface area contributed by atoms with Crippen LogP contribution in [0.15, 0.2) is 243 Å². The minimum Gasteiger partial charge on any atom is -0.294 e. The molecular weight excluding hydrogens is 817 g/mol. The van der Waals surface area contributed by atoms with E-state index in [1.54, 1.807) is 0 Å². The van der Waals surface area contributed by atoms with Crippen molar-refractivity contribution in [2.45, 2.75) is 0 Å². The Morgan fingerprint density at radius 3 is 0.970 bits per heavy atom. The van der Waals surface area contributed by atoms with Gasteiger partial charge in [0, 0.05) is 38.9 Å². The number of rotatable bonds is 9. The first-order valence-electron chi connectivity index (χ1n) is 22.4. The molecule has 3 heterocycles. The summed E-state index contributed by atoms with van der Waals surface area (Å²) >= 11 is 0. The molecule has 0 aliphatic heterocycles. The van der Waals surface area contributed by atoms with Crippen molar-refractivity contribution in [2.75, 3.05) is 0 Å². The Hall–Kier alpha value is -9.13. The number of hydrogen-bond acceptors (Lipinski definition) is 5. The van der Waals surface area contributed by atoms with Crippen molar-refractivity contribution in [1.82, 2.24) is 29.5 Å². The van der Waals surface area contributed by atoms with Crippen LogP contribution in [0, 0.1) is 0 Å². The fourth-order valence-corrected chi connectivity index (χ4v) is 8.90. The van der Waals surface area contributed by atoms with Crippen molar-refractivity contribution in [3.63, 3.8) is 0 Å². The molecule has 9 aromatic carbocycles. The molecule has 0 amide bonds. The number of benzene rings is 9. The molecule has 12 rings (SSSR count). The van der Waals surface area contributed by atoms with E-state index in [0.717, 1.165) is 94.5 Å². The molecule has 0 saturated heterocycles. The predicted octanol–water partition coefficient (Wildman–Crippen LogP) is 15.1. The van der Waals surface area contributed by atoms with Crippen molar-refractivity contribution in [1.29, 1.82) is 0 Å². The van der Waals surface area contributed by atoms with E-state index < -0.39 is 0 Å². The molecule has 0 fully saturated rings. The fraction of sp³-hybridized carbons (Fsp3) is 0. The molecule has 0 saturated carbocycles. The molecule has 12 aromatic rings. The Labute approximate surface area is 388 Å². The van der Waals surface area contributed by atoms with E-state index in [2.05, 4.69) is 174 Å². The summed E-state index contributed by atoms with van der Waals surface area (Å²) < 4.78 is 2.26. The van der Waals surface area contributed by atoms with Gasteiger partial charge in [0.05, 0.1) is 16.6 Å². The molecule has 0 radical (unpaired) electrons. The molecule has 314 valence electrons. The Morgan fingerprint density at radius 1 is 0.239 bits per heavy atom. The van der Waals surface area contributed by atoms with Gasteiger partial charge in [0.2, 0.25) is 0 Å². The van der Waals surface area contributed by atoms with Gasteiger partial charge in [0.25, 0.3) is 0 Å². The number of hydrogen-bond donors (Lipinski definition) is 0. The van der Waals surface area contributed by atoms with Crippen LogP contribution in [-0.4, -0.2) is 29.5 Å². The summed E-state index contributed by atoms with van der Waals surface area (Å²) in [5, 5.41) is 2.17. The molecule has 67 heavy (non-hydrogen) atoms. The minimum atomic E-state index is 0.640. The highest BCUT2D eigenvalue weighted by Crippen LogP contribution is 2.39. The number of para-hydroxylation sites is 2. The summed E-state index contributed by atoms with van der Waals surface area (Å²) in [6, 6.07) is 84.1. The van der Waals surface area contributed by atoms with Crippen LogP contribution in [0.1, 0.15) is 0 Å². The van der Waals surface area contributed by atoms with Crippen LogP contribution in [0.2, 0.25) is 0 Å². The lowest BCUT2D eigenvalue weighted by Gasteiger charge is -2.11. The van der Waals surface area contributed by atoms with Gasteiger partial charge in [-0.3, -0.25) is 4.57 Å². The van der Waals surface area contributed by atoms with Crippen LogP contribution in [0.5, 0.6) is 0 Å². The Bertz CT molecular complexity index is 3610. The highest BCUT2D eigenvalue weighted by atomic mass is 15.1. The van der Waals surface area contributed by atoms with Crippen LogP contribution in [0.25, 0.3) is 118 Å². The topological polar surface area (TPSA) is 69.4 Å². The monoisotopic (exact) mass is 856 g/mol. The maximum atomic E-state index is 5.30. The third-order valence-corrected chi connectivity index (χ3v) is 12.3. The second-order valence-corrected chi connectivity index (χ2v) is 16.5. The van der Waals surface area contributed by atoms with Crippen LogP contribution < -0.4 is 0 Å². The Balaban J connectivity index is 0.800. The summed E-state index contributed by atoms with van der Waals surface area (Å²) in [6.07, 6.45) is 0. The van der Waals surface area contributed by atoms with Gasteiger partial charge in [-0.25, -0.2) is 24.9 Å². The van der Waals surface area contributed by atoms with Crippen molar-refractivity contribution in [3.05, 3.63) is 243 Å². The molecule has 0 atom stereocenters. The summed E-state index contributed by atoms with van der Waals surface area (Å²) in [7, 11) is 0. The lowest BCUT2D eigenvalue weighted by molar-refractivity contribution is 1.07. The fourth-order valence-electron chi connectivity index (χ4n) is 8.90. The zero-order chi connectivity index (χ0) is 44.5. The summed E-state index contributed by atoms with van der Waals surface area (Å²) in [5.41, 5.74) is 15.6. The van der Waals surface area contributed by atoms with Gasteiger partial charge in [0.1, 0.15) is 5.65 Å². The van der Waals surface area contributed by atoms with Crippen molar-refractivity contribution >= 4 is 21.9 Å². The van der Waals surface area contributed by atoms with Crippen LogP contribution >= 0.6 is 0 Å². The van der Waals surface area contributed by atoms with Gasteiger partial charge in [-0.15, -0.1) is 0 Å². The van der Waals surface area contributed by atoms with E-state index >= 15 is 0 Å². The third-order valence-electron chi connectivity index (χ3n) is 12.3. The van der Waals surface area contributed by atoms with E-state index in [1.165, 1.54) is 0 Å². The standard InChI is InChI=1S/C61H40N6/c1-5-15-47(16-6-1)56-55-53-23-13-14-24-54(53)67(52-21-11-4-12-22-52)61(55)66-57(62-56)50-37-33-45(34-38-50)43-29-25-41(26-30-43)42-27-31-44(32-28-42)46-35-39-51(40-36-46)60-64-58(48-17-7-2-8-18-48)63-59(65-60)49-19-9-3-10-20-49/h1-40H. The van der Waals surface area contributed by atoms with Gasteiger partial charge in [-0.05, 0) is 51.6 Å². The lowest BCUT2D eigenvalue weighted by atomic mass is 9.97. The second-order valence-electron chi connectivity index (χ2n) is 16.5. The van der Waals surface area contributed by atoms with E-state index in [9.17, 15) is 0 Å². The normalized spacial score (nSPS) is 11.3. The van der Waals surface area contributed by atoms with Crippen LogP contribution in [0.4, 0.5) is 0 Å². The van der Waals surface area contributed by atoms with Gasteiger partial charge in [-0.2, -0.15) is 0 Å². The van der Waals surface area contributed by atoms with E-state index in [0.29, 0.717) is 23.3 Å². The first-order chi connectivity index (χ1) is 33.2. The van der Waals surface area contributed by atoms with E-state index in [4.69, 9.17) is 24.9 Å². The number of aromatic nitrogens is 6. The maximum absolute atomic E-state index is 5.30. The van der Waals surface area contributed by atoms with Gasteiger partial charge < -0.3 is 0 Å². The average Bonchev–Trinajstić information content (AvgIpc) is 3.76. The lowest BCUT2D eigenvalue weighted by Crippen LogP contribution is -2.00. The molecule has 0 bridgehead atoms. The maximum Gasteiger partial charge on any atom is 0.164 e. The molecular formula is C61H40N6. The quantitative estimate of drug-likeness (QED) is 0.145. The van der Waals surface area contributed by atoms with Crippen molar-refractivity contribution in [2.24, 2.45) is 0 Å². The summed E-state index contributed by atoms with van der Waals surface area (Å²) in [4.78, 5) is 25.2. The van der Waals surface area contributed by atoms with Crippen molar-refractivity contribution in [3.8, 4) is 95.9 Å². The van der Waals surface area contributed by atoms with Crippen LogP contribution in [0.3, 0.4) is 0 Å². The molecule has 6 nitrogen and oxygen atoms in total. The van der Waals surface area contributed by atoms with Crippen molar-refractivity contribution < 1.29 is 0 Å². The minimum absolute atomic E-state index is 0.640. The Morgan fingerprint density at radius 2 is 0.552 bits per heavy atom. The zero-order valence-corrected chi connectivity index (χ0v) is 36.3. The largest absolute Gasteiger partial charge is 0.294 e. The van der Waals surface area contributed by atoms with Gasteiger partial charge in [0.15, 0.2) is 23.3 Å². The van der Waals surface area contributed by atoms with E-state index in [1.807, 2.05) is 72.8 Å². The summed E-state index contributed by atoms with van der Waals surface area (Å²) in [6.45, 7) is 0. The SMILES string of the molecule is c1ccc(-c2nc(-c3ccccc3)nc(-c3ccc(-c4ccc(-c5ccc(-c6ccc(-c7nc(-c8ccccc8)c8c9ccccc9n(-c9ccccc9)c8n7)cc6)cc5)cc4)cc3)n2)cc1. The molecule has 0 aliphatic rings. The zero-order valence-electron chi connectivity index (χ0n) is 36.3. The second kappa shape index (κ2) is 17.1. The van der Waals surface area contributed by atoms with Gasteiger partial charge in [-0.1, -0.05) is 224 Å². The molecule has 0 N–H and O–H groups in total. The Kier molecular flexibility index (Phi) is 10.1. The molecule has 6 heteroatoms. The molecule has 0 aliphatic carbocycles. The number of nitrogens with zero attached hydrogens (tertiary/aromatic N) is 6. The third kappa shape index (κ3) is 7.62. The molecule has 0 spiro atoms. The van der Waals surface area contributed by atoms with Crippen LogP contribution in [-0.2, 0) is 0 Å². The average molecular weight is 857 g/mol. The first kappa shape index (κ1) is 39.5. The van der Waals surface area contributed by atoms with Gasteiger partial charge >= 0.3 is 0 Å². The molecule has 3 aromatic heterocycles. The van der Waals surface area contributed by atoms with E-state index in [-0.39, 0.29) is 0 Å².